The molecule has 8 aliphatic rings. The molecule has 0 N–H and O–H groups in total. The fourth-order valence-corrected chi connectivity index (χ4v) is 9.04. The van der Waals surface area contributed by atoms with Gasteiger partial charge in [0.25, 0.3) is 0 Å². The first-order valence-electron chi connectivity index (χ1n) is 17.6. The van der Waals surface area contributed by atoms with E-state index in [1.165, 1.54) is 6.42 Å². The Balaban J connectivity index is 1.05. The lowest BCUT2D eigenvalue weighted by Crippen LogP contribution is -2.68. The maximum atomic E-state index is 9.70. The first-order valence-corrected chi connectivity index (χ1v) is 17.6. The number of nitrogens with zero attached hydrogens (tertiary/aromatic N) is 3. The van der Waals surface area contributed by atoms with E-state index in [1.54, 1.807) is 7.11 Å². The topological polar surface area (TPSA) is 150 Å². The molecule has 10 atom stereocenters. The second kappa shape index (κ2) is 13.3. The standard InChI is InChI=1S/C32H49N3O11/c1-36-19-37-25-22(34-35-33)28(40-20-17-38-30(43-23(20)25)11-5-2-6-12-30)42-29-27-26(45-32(46-27)15-9-4-10-16-32)24-21(41-29)18-39-31(44-24)13-7-3-8-14-31/h20-29H,2-19H2,1H3/t20?,21?,22-,23-,24-,25?,26+,27?,28-,29-/m1/s1. The molecule has 5 saturated heterocycles. The molecule has 46 heavy (non-hydrogen) atoms. The average molecular weight is 652 g/mol. The maximum Gasteiger partial charge on any atom is 0.190 e. The lowest BCUT2D eigenvalue weighted by atomic mass is 9.90. The Labute approximate surface area is 269 Å². The van der Waals surface area contributed by atoms with E-state index in [9.17, 15) is 5.53 Å². The van der Waals surface area contributed by atoms with Crippen LogP contribution in [0.25, 0.3) is 10.4 Å². The molecule has 0 amide bonds. The fourth-order valence-electron chi connectivity index (χ4n) is 9.04. The van der Waals surface area contributed by atoms with Gasteiger partial charge in [0.2, 0.25) is 0 Å². The van der Waals surface area contributed by atoms with Crippen LogP contribution < -0.4 is 0 Å². The smallest absolute Gasteiger partial charge is 0.190 e. The van der Waals surface area contributed by atoms with Crippen LogP contribution in [0.2, 0.25) is 0 Å². The maximum absolute atomic E-state index is 9.70. The van der Waals surface area contributed by atoms with Gasteiger partial charge in [-0.3, -0.25) is 0 Å². The summed E-state index contributed by atoms with van der Waals surface area (Å²) >= 11 is 0. The Morgan fingerprint density at radius 2 is 1.17 bits per heavy atom. The predicted octanol–water partition coefficient (Wildman–Crippen LogP) is 4.72. The molecule has 0 aromatic rings. The van der Waals surface area contributed by atoms with Gasteiger partial charge in [0.15, 0.2) is 29.9 Å². The van der Waals surface area contributed by atoms with E-state index in [0.29, 0.717) is 13.2 Å². The highest BCUT2D eigenvalue weighted by Gasteiger charge is 2.63. The van der Waals surface area contributed by atoms with E-state index in [1.807, 2.05) is 0 Å². The van der Waals surface area contributed by atoms with Crippen molar-refractivity contribution < 1.29 is 52.1 Å². The average Bonchev–Trinajstić information content (AvgIpc) is 3.45. The molecule has 258 valence electrons. The van der Waals surface area contributed by atoms with Crippen molar-refractivity contribution in [2.75, 3.05) is 27.1 Å². The summed E-state index contributed by atoms with van der Waals surface area (Å²) in [7, 11) is 1.55. The number of hydrogen-bond acceptors (Lipinski definition) is 12. The summed E-state index contributed by atoms with van der Waals surface area (Å²) in [5.41, 5.74) is 9.70. The van der Waals surface area contributed by atoms with Crippen molar-refractivity contribution in [1.82, 2.24) is 0 Å². The highest BCUT2D eigenvalue weighted by molar-refractivity contribution is 5.04. The SMILES string of the molecule is COCOC1[C@@H]2OC3(CCCCC3)OCC2O[C@H](O[C@H]2OC3COC4(CCCCC4)O[C@H]3[C@@H]3OC4(CCCCC4)OC23)[C@@H]1N=[N+]=[N-]. The van der Waals surface area contributed by atoms with Gasteiger partial charge in [0.1, 0.15) is 55.6 Å². The molecule has 3 aliphatic carbocycles. The van der Waals surface area contributed by atoms with E-state index in [-0.39, 0.29) is 12.9 Å². The van der Waals surface area contributed by atoms with Crippen LogP contribution in [0.1, 0.15) is 96.3 Å². The molecule has 3 spiro atoms. The molecule has 0 bridgehead atoms. The first kappa shape index (κ1) is 32.1. The van der Waals surface area contributed by atoms with E-state index < -0.39 is 72.6 Å². The lowest BCUT2D eigenvalue weighted by molar-refractivity contribution is -0.420. The van der Waals surface area contributed by atoms with E-state index in [2.05, 4.69) is 10.0 Å². The molecule has 14 nitrogen and oxygen atoms in total. The zero-order valence-electron chi connectivity index (χ0n) is 26.8. The lowest BCUT2D eigenvalue weighted by Gasteiger charge is -2.54. The van der Waals surface area contributed by atoms with Crippen LogP contribution in [-0.2, 0) is 52.1 Å². The number of methoxy groups -OCH3 is 1. The summed E-state index contributed by atoms with van der Waals surface area (Å²) in [4.78, 5) is 3.17. The molecule has 4 unspecified atom stereocenters. The van der Waals surface area contributed by atoms with Crippen LogP contribution in [0.5, 0.6) is 0 Å². The Kier molecular flexibility index (Phi) is 9.28. The van der Waals surface area contributed by atoms with Crippen LogP contribution in [0.15, 0.2) is 5.11 Å². The van der Waals surface area contributed by atoms with Crippen molar-refractivity contribution in [3.05, 3.63) is 10.4 Å². The minimum absolute atomic E-state index is 0.0143. The fraction of sp³-hybridized carbons (Fsp3) is 1.00. The number of rotatable bonds is 6. The molecule has 0 radical (unpaired) electrons. The zero-order chi connectivity index (χ0) is 31.2. The van der Waals surface area contributed by atoms with Gasteiger partial charge in [-0.05, 0) is 44.1 Å². The molecule has 8 rings (SSSR count). The highest BCUT2D eigenvalue weighted by Crippen LogP contribution is 2.50. The van der Waals surface area contributed by atoms with Crippen molar-refractivity contribution in [1.29, 1.82) is 0 Å². The molecular weight excluding hydrogens is 602 g/mol. The summed E-state index contributed by atoms with van der Waals surface area (Å²) in [5.74, 6) is -2.01. The molecule has 5 heterocycles. The Bertz CT molecular complexity index is 1110. The quantitative estimate of drug-likeness (QED) is 0.170. The van der Waals surface area contributed by atoms with Gasteiger partial charge in [-0.1, -0.05) is 24.4 Å². The van der Waals surface area contributed by atoms with Crippen LogP contribution in [-0.4, -0.2) is 106 Å². The second-order valence-corrected chi connectivity index (χ2v) is 14.3. The monoisotopic (exact) mass is 651 g/mol. The van der Waals surface area contributed by atoms with Gasteiger partial charge in [-0.2, -0.15) is 0 Å². The highest BCUT2D eigenvalue weighted by atomic mass is 16.8. The van der Waals surface area contributed by atoms with Gasteiger partial charge in [0, 0.05) is 50.5 Å². The second-order valence-electron chi connectivity index (χ2n) is 14.3. The molecule has 14 heteroatoms. The van der Waals surface area contributed by atoms with E-state index in [4.69, 9.17) is 52.1 Å². The third kappa shape index (κ3) is 6.01. The predicted molar refractivity (Wildman–Crippen MR) is 157 cm³/mol. The Morgan fingerprint density at radius 1 is 0.652 bits per heavy atom. The number of azide groups is 1. The van der Waals surface area contributed by atoms with Crippen molar-refractivity contribution in [2.45, 2.75) is 175 Å². The van der Waals surface area contributed by atoms with Gasteiger partial charge in [0.05, 0.1) is 13.2 Å². The number of hydrogen-bond donors (Lipinski definition) is 0. The third-order valence-electron chi connectivity index (χ3n) is 11.3. The molecule has 0 aromatic carbocycles. The van der Waals surface area contributed by atoms with E-state index >= 15 is 0 Å². The van der Waals surface area contributed by atoms with Crippen LogP contribution in [0.4, 0.5) is 0 Å². The van der Waals surface area contributed by atoms with Crippen LogP contribution in [0.3, 0.4) is 0 Å². The van der Waals surface area contributed by atoms with Crippen molar-refractivity contribution in [3.63, 3.8) is 0 Å². The summed E-state index contributed by atoms with van der Waals surface area (Å²) < 4.78 is 71.0. The minimum atomic E-state index is -1.03. The largest absolute Gasteiger partial charge is 0.359 e. The summed E-state index contributed by atoms with van der Waals surface area (Å²) in [5, 5.41) is 4.15. The van der Waals surface area contributed by atoms with Crippen molar-refractivity contribution >= 4 is 0 Å². The van der Waals surface area contributed by atoms with Gasteiger partial charge in [-0.25, -0.2) is 0 Å². The minimum Gasteiger partial charge on any atom is -0.359 e. The molecule has 0 aromatic heterocycles. The van der Waals surface area contributed by atoms with E-state index in [0.717, 1.165) is 89.9 Å². The zero-order valence-corrected chi connectivity index (χ0v) is 26.8. The Hall–Kier alpha value is -1.13. The van der Waals surface area contributed by atoms with Crippen molar-refractivity contribution in [2.24, 2.45) is 5.11 Å². The van der Waals surface area contributed by atoms with Crippen molar-refractivity contribution in [3.8, 4) is 0 Å². The number of ether oxygens (including phenoxy) is 11. The number of fused-ring (bicyclic) bond motifs is 4. The van der Waals surface area contributed by atoms with Crippen LogP contribution in [0, 0.1) is 0 Å². The normalized spacial score (nSPS) is 44.2. The molecular formula is C32H49N3O11. The first-order chi connectivity index (χ1) is 22.5. The Morgan fingerprint density at radius 3 is 1.78 bits per heavy atom. The van der Waals surface area contributed by atoms with Gasteiger partial charge < -0.3 is 52.1 Å². The molecule has 8 fully saturated rings. The van der Waals surface area contributed by atoms with Gasteiger partial charge in [-0.15, -0.1) is 0 Å². The van der Waals surface area contributed by atoms with Gasteiger partial charge >= 0.3 is 0 Å². The third-order valence-corrected chi connectivity index (χ3v) is 11.3. The summed E-state index contributed by atoms with van der Waals surface area (Å²) in [6.45, 7) is 0.651. The molecule has 5 aliphatic heterocycles. The van der Waals surface area contributed by atoms with Crippen LogP contribution >= 0.6 is 0 Å². The summed E-state index contributed by atoms with van der Waals surface area (Å²) in [6, 6.07) is -0.893. The molecule has 3 saturated carbocycles. The summed E-state index contributed by atoms with van der Waals surface area (Å²) in [6.07, 6.45) is 9.21.